The van der Waals surface area contributed by atoms with Crippen molar-refractivity contribution in [2.45, 2.75) is 42.7 Å². The summed E-state index contributed by atoms with van der Waals surface area (Å²) in [5.41, 5.74) is -0.402. The maximum atomic E-state index is 13.3. The molecule has 0 saturated heterocycles. The molecule has 11 heteroatoms. The zero-order valence-electron chi connectivity index (χ0n) is 18.3. The lowest BCUT2D eigenvalue weighted by molar-refractivity contribution is -0.140. The Kier molecular flexibility index (Phi) is 9.62. The van der Waals surface area contributed by atoms with Crippen LogP contribution in [0.5, 0.6) is 5.75 Å². The Morgan fingerprint density at radius 1 is 1.15 bits per heavy atom. The second-order valence-electron chi connectivity index (χ2n) is 7.21. The number of aryl methyl sites for hydroxylation is 1. The molecule has 6 nitrogen and oxygen atoms in total. The Bertz CT molecular complexity index is 1060. The number of thioether (sulfide) groups is 1. The monoisotopic (exact) mass is 505 g/mol. The van der Waals surface area contributed by atoms with Gasteiger partial charge in [-0.05, 0) is 61.4 Å². The molecular formula is C22H26F3NO5S2. The van der Waals surface area contributed by atoms with E-state index in [4.69, 9.17) is 9.84 Å². The van der Waals surface area contributed by atoms with E-state index in [2.05, 4.69) is 0 Å². The van der Waals surface area contributed by atoms with Crippen molar-refractivity contribution in [1.29, 1.82) is 0 Å². The summed E-state index contributed by atoms with van der Waals surface area (Å²) in [7, 11) is -4.31. The highest BCUT2D eigenvalue weighted by molar-refractivity contribution is 7.99. The molecule has 33 heavy (non-hydrogen) atoms. The van der Waals surface area contributed by atoms with E-state index in [0.29, 0.717) is 24.3 Å². The number of hydrogen-bond donors (Lipinski definition) is 1. The van der Waals surface area contributed by atoms with Crippen molar-refractivity contribution >= 4 is 27.8 Å². The van der Waals surface area contributed by atoms with Gasteiger partial charge in [-0.25, -0.2) is 13.2 Å². The summed E-state index contributed by atoms with van der Waals surface area (Å²) in [5.74, 6) is -0.0617. The van der Waals surface area contributed by atoms with Crippen LogP contribution in [0, 0.1) is 6.92 Å². The molecule has 0 radical (unpaired) electrons. The molecule has 0 saturated carbocycles. The van der Waals surface area contributed by atoms with E-state index >= 15 is 0 Å². The minimum absolute atomic E-state index is 0.0914. The van der Waals surface area contributed by atoms with E-state index in [0.717, 1.165) is 26.9 Å². The van der Waals surface area contributed by atoms with Crippen LogP contribution in [-0.4, -0.2) is 49.2 Å². The van der Waals surface area contributed by atoms with Gasteiger partial charge in [0.05, 0.1) is 10.5 Å². The van der Waals surface area contributed by atoms with Gasteiger partial charge in [0.1, 0.15) is 5.75 Å². The lowest BCUT2D eigenvalue weighted by Crippen LogP contribution is -2.34. The number of aliphatic carboxylic acids is 1. The summed E-state index contributed by atoms with van der Waals surface area (Å²) >= 11 is 1.47. The molecule has 0 amide bonds. The van der Waals surface area contributed by atoms with Gasteiger partial charge >= 0.3 is 12.1 Å². The lowest BCUT2D eigenvalue weighted by Gasteiger charge is -2.23. The highest BCUT2D eigenvalue weighted by Gasteiger charge is 2.38. The summed E-state index contributed by atoms with van der Waals surface area (Å²) in [4.78, 5) is 10.8. The zero-order valence-corrected chi connectivity index (χ0v) is 19.9. The van der Waals surface area contributed by atoms with E-state index in [9.17, 15) is 26.4 Å². The van der Waals surface area contributed by atoms with Gasteiger partial charge in [-0.3, -0.25) is 0 Å². The highest BCUT2D eigenvalue weighted by atomic mass is 32.2. The average molecular weight is 506 g/mol. The van der Waals surface area contributed by atoms with Crippen LogP contribution in [0.25, 0.3) is 0 Å². The van der Waals surface area contributed by atoms with Crippen molar-refractivity contribution in [3.05, 3.63) is 53.6 Å². The predicted octanol–water partition coefficient (Wildman–Crippen LogP) is 5.06. The van der Waals surface area contributed by atoms with Crippen LogP contribution in [0.3, 0.4) is 0 Å². The highest BCUT2D eigenvalue weighted by Crippen LogP contribution is 2.35. The van der Waals surface area contributed by atoms with Crippen LogP contribution in [-0.2, 0) is 21.0 Å². The van der Waals surface area contributed by atoms with E-state index in [1.807, 2.05) is 6.07 Å². The summed E-state index contributed by atoms with van der Waals surface area (Å²) in [6.07, 6.45) is -3.86. The normalized spacial score (nSPS) is 12.2. The molecule has 0 spiro atoms. The number of alkyl halides is 3. The van der Waals surface area contributed by atoms with Crippen LogP contribution in [0.1, 0.15) is 30.9 Å². The van der Waals surface area contributed by atoms with Crippen LogP contribution in [0.2, 0.25) is 0 Å². The quantitative estimate of drug-likeness (QED) is 0.321. The molecule has 1 N–H and O–H groups in total. The lowest BCUT2D eigenvalue weighted by atomic mass is 10.2. The van der Waals surface area contributed by atoms with Crippen LogP contribution < -0.4 is 4.74 Å². The number of ether oxygens (including phenoxy) is 1. The van der Waals surface area contributed by atoms with Gasteiger partial charge in [-0.15, -0.1) is 11.8 Å². The fourth-order valence-corrected chi connectivity index (χ4v) is 5.83. The number of rotatable bonds is 12. The van der Waals surface area contributed by atoms with Crippen molar-refractivity contribution in [3.8, 4) is 5.75 Å². The van der Waals surface area contributed by atoms with E-state index in [-0.39, 0.29) is 13.1 Å². The third-order valence-electron chi connectivity index (χ3n) is 4.60. The second-order valence-corrected chi connectivity index (χ2v) is 10.3. The number of sulfonamides is 1. The van der Waals surface area contributed by atoms with Gasteiger partial charge in [-0.2, -0.15) is 17.5 Å². The second kappa shape index (κ2) is 11.8. The van der Waals surface area contributed by atoms with Crippen molar-refractivity contribution in [2.24, 2.45) is 0 Å². The van der Waals surface area contributed by atoms with Crippen molar-refractivity contribution in [1.82, 2.24) is 4.31 Å². The third kappa shape index (κ3) is 7.65. The fourth-order valence-electron chi connectivity index (χ4n) is 3.11. The largest absolute Gasteiger partial charge is 0.482 e. The maximum absolute atomic E-state index is 13.3. The molecule has 0 aliphatic heterocycles. The first-order chi connectivity index (χ1) is 15.5. The SMILES string of the molecule is CCCN(CCCSc1ccc(OCC(=O)O)c(C)c1)S(=O)(=O)c1ccccc1C(F)(F)F. The molecule has 0 atom stereocenters. The molecule has 0 aliphatic rings. The molecular weight excluding hydrogens is 479 g/mol. The Labute approximate surface area is 195 Å². The summed E-state index contributed by atoms with van der Waals surface area (Å²) < 4.78 is 72.3. The van der Waals surface area contributed by atoms with Gasteiger partial charge in [-0.1, -0.05) is 19.1 Å². The molecule has 2 aromatic carbocycles. The first-order valence-electron chi connectivity index (χ1n) is 10.2. The summed E-state index contributed by atoms with van der Waals surface area (Å²) in [6.45, 7) is 3.33. The third-order valence-corrected chi connectivity index (χ3v) is 7.64. The van der Waals surface area contributed by atoms with Gasteiger partial charge in [0.25, 0.3) is 0 Å². The number of nitrogens with zero attached hydrogens (tertiary/aromatic N) is 1. The van der Waals surface area contributed by atoms with Crippen molar-refractivity contribution in [2.75, 3.05) is 25.4 Å². The predicted molar refractivity (Wildman–Crippen MR) is 120 cm³/mol. The van der Waals surface area contributed by atoms with E-state index in [1.54, 1.807) is 26.0 Å². The first kappa shape index (κ1) is 27.0. The fraction of sp³-hybridized carbons (Fsp3) is 0.409. The molecule has 0 bridgehead atoms. The Morgan fingerprint density at radius 3 is 2.45 bits per heavy atom. The Morgan fingerprint density at radius 2 is 1.85 bits per heavy atom. The van der Waals surface area contributed by atoms with E-state index < -0.39 is 39.2 Å². The minimum Gasteiger partial charge on any atom is -0.482 e. The number of halogens is 3. The van der Waals surface area contributed by atoms with Crippen LogP contribution >= 0.6 is 11.8 Å². The molecule has 0 unspecified atom stereocenters. The molecule has 0 heterocycles. The molecule has 0 fully saturated rings. The van der Waals surface area contributed by atoms with E-state index in [1.165, 1.54) is 23.9 Å². The van der Waals surface area contributed by atoms with Gasteiger partial charge in [0, 0.05) is 18.0 Å². The molecule has 182 valence electrons. The molecule has 0 aliphatic carbocycles. The van der Waals surface area contributed by atoms with Gasteiger partial charge < -0.3 is 9.84 Å². The zero-order chi connectivity index (χ0) is 24.6. The summed E-state index contributed by atoms with van der Waals surface area (Å²) in [5, 5.41) is 8.70. The standard InChI is InChI=1S/C22H26F3NO5S2/c1-3-11-26(33(29,30)20-8-5-4-7-18(20)22(23,24)25)12-6-13-32-17-9-10-19(16(2)14-17)31-15-21(27)28/h4-5,7-10,14H,3,6,11-13,15H2,1-2H3,(H,27,28). The Hall–Kier alpha value is -2.24. The Balaban J connectivity index is 2.04. The smallest absolute Gasteiger partial charge is 0.417 e. The first-order valence-corrected chi connectivity index (χ1v) is 12.6. The molecule has 2 aromatic rings. The number of carboxylic acid groups (broad SMARTS) is 1. The van der Waals surface area contributed by atoms with Crippen molar-refractivity contribution < 1.29 is 36.2 Å². The molecule has 2 rings (SSSR count). The number of carbonyl (C=O) groups is 1. The number of carboxylic acids is 1. The van der Waals surface area contributed by atoms with Crippen LogP contribution in [0.15, 0.2) is 52.3 Å². The van der Waals surface area contributed by atoms with Crippen molar-refractivity contribution in [3.63, 3.8) is 0 Å². The summed E-state index contributed by atoms with van der Waals surface area (Å²) in [6, 6.07) is 9.50. The average Bonchev–Trinajstić information content (AvgIpc) is 2.74. The van der Waals surface area contributed by atoms with Gasteiger partial charge in [0.15, 0.2) is 6.61 Å². The van der Waals surface area contributed by atoms with Gasteiger partial charge in [0.2, 0.25) is 10.0 Å². The number of benzene rings is 2. The maximum Gasteiger partial charge on any atom is 0.417 e. The number of hydrogen-bond acceptors (Lipinski definition) is 5. The van der Waals surface area contributed by atoms with Crippen LogP contribution in [0.4, 0.5) is 13.2 Å². The minimum atomic E-state index is -4.77. The molecule has 0 aromatic heterocycles. The topological polar surface area (TPSA) is 83.9 Å².